The molecule has 0 radical (unpaired) electrons. The van der Waals surface area contributed by atoms with E-state index in [4.69, 9.17) is 5.73 Å². The fraction of sp³-hybridized carbons (Fsp3) is 0.273. The number of aromatic nitrogens is 4. The molecule has 31 heavy (non-hydrogen) atoms. The largest absolute Gasteiger partial charge is 0.394 e. The third kappa shape index (κ3) is 3.49. The van der Waals surface area contributed by atoms with Gasteiger partial charge in [0.1, 0.15) is 0 Å². The van der Waals surface area contributed by atoms with Crippen LogP contribution in [0.1, 0.15) is 26.8 Å². The number of aliphatic hydroxyl groups excluding tert-OH is 1. The Morgan fingerprint density at radius 3 is 2.42 bits per heavy atom. The molecule has 0 bridgehead atoms. The zero-order valence-electron chi connectivity index (χ0n) is 17.6. The second-order valence-corrected chi connectivity index (χ2v) is 10.1. The lowest BCUT2D eigenvalue weighted by atomic mass is 10.0. The molecular formula is C22H25N5O3S. The van der Waals surface area contributed by atoms with Crippen molar-refractivity contribution in [2.45, 2.75) is 32.1 Å². The molecule has 2 aromatic heterocycles. The maximum atomic E-state index is 12.9. The molecule has 1 atom stereocenters. The van der Waals surface area contributed by atoms with Crippen LogP contribution in [-0.2, 0) is 10.0 Å². The highest BCUT2D eigenvalue weighted by Gasteiger charge is 2.26. The summed E-state index contributed by atoms with van der Waals surface area (Å²) in [6.07, 6.45) is 1.69. The van der Waals surface area contributed by atoms with Crippen molar-refractivity contribution in [3.63, 3.8) is 0 Å². The normalized spacial score (nSPS) is 13.2. The summed E-state index contributed by atoms with van der Waals surface area (Å²) < 4.78 is 28.9. The smallest absolute Gasteiger partial charge is 0.244 e. The molecule has 0 saturated heterocycles. The number of nitrogen functional groups attached to an aromatic ring is 1. The van der Waals surface area contributed by atoms with Crippen LogP contribution in [0.5, 0.6) is 0 Å². The predicted molar refractivity (Wildman–Crippen MR) is 122 cm³/mol. The molecule has 0 fully saturated rings. The molecule has 2 heterocycles. The Labute approximate surface area is 181 Å². The summed E-state index contributed by atoms with van der Waals surface area (Å²) in [5.74, 6) is -0.0682. The van der Waals surface area contributed by atoms with Crippen LogP contribution in [0.25, 0.3) is 33.5 Å². The van der Waals surface area contributed by atoms with E-state index in [-0.39, 0.29) is 18.6 Å². The van der Waals surface area contributed by atoms with Crippen LogP contribution in [0.15, 0.2) is 54.9 Å². The molecule has 2 aromatic carbocycles. The maximum Gasteiger partial charge on any atom is 0.244 e. The Kier molecular flexibility index (Phi) is 5.32. The Bertz CT molecular complexity index is 1340. The molecule has 0 aliphatic carbocycles. The van der Waals surface area contributed by atoms with Crippen molar-refractivity contribution >= 4 is 27.0 Å². The van der Waals surface area contributed by atoms with E-state index in [0.29, 0.717) is 11.0 Å². The number of benzene rings is 2. The molecular weight excluding hydrogens is 414 g/mol. The van der Waals surface area contributed by atoms with Gasteiger partial charge in [0, 0.05) is 11.1 Å². The third-order valence-electron chi connectivity index (χ3n) is 5.34. The van der Waals surface area contributed by atoms with Crippen LogP contribution in [0.4, 0.5) is 5.95 Å². The maximum absolute atomic E-state index is 12.9. The van der Waals surface area contributed by atoms with Crippen molar-refractivity contribution in [1.82, 2.24) is 18.5 Å². The molecule has 0 aliphatic heterocycles. The van der Waals surface area contributed by atoms with Crippen molar-refractivity contribution in [2.75, 3.05) is 12.3 Å². The van der Waals surface area contributed by atoms with Crippen molar-refractivity contribution in [2.24, 2.45) is 0 Å². The quantitative estimate of drug-likeness (QED) is 0.476. The second kappa shape index (κ2) is 7.82. The number of nitrogens with zero attached hydrogens (tertiary/aromatic N) is 4. The third-order valence-corrected chi connectivity index (χ3v) is 7.43. The molecule has 162 valence electrons. The topological polar surface area (TPSA) is 116 Å². The van der Waals surface area contributed by atoms with E-state index in [9.17, 15) is 13.5 Å². The average Bonchev–Trinajstić information content (AvgIpc) is 3.34. The minimum absolute atomic E-state index is 0.0631. The minimum Gasteiger partial charge on any atom is -0.394 e. The Morgan fingerprint density at radius 1 is 1.06 bits per heavy atom. The average molecular weight is 440 g/mol. The van der Waals surface area contributed by atoms with E-state index in [1.165, 1.54) is 0 Å². The standard InChI is InChI=1S/C22H25N5O3S/c1-14(2)31(29,30)27-19-11-17(9-10-18(19)25-22(27)23)21-20(16-7-5-4-6-8-16)24-13-26(21)15(3)12-28/h4-11,13-15,28H,12H2,1-3H3,(H2,23,25)/t15-/m0/s1. The number of hydrogen-bond donors (Lipinski definition) is 2. The molecule has 4 aromatic rings. The first-order valence-electron chi connectivity index (χ1n) is 10.0. The van der Waals surface area contributed by atoms with E-state index in [2.05, 4.69) is 9.97 Å². The molecule has 0 unspecified atom stereocenters. The number of anilines is 1. The molecule has 0 spiro atoms. The zero-order valence-corrected chi connectivity index (χ0v) is 18.4. The van der Waals surface area contributed by atoms with Gasteiger partial charge in [-0.1, -0.05) is 36.4 Å². The van der Waals surface area contributed by atoms with Crippen LogP contribution < -0.4 is 5.73 Å². The number of rotatable bonds is 6. The highest BCUT2D eigenvalue weighted by atomic mass is 32.2. The van der Waals surface area contributed by atoms with Crippen LogP contribution in [0, 0.1) is 0 Å². The number of fused-ring (bicyclic) bond motifs is 1. The Hall–Kier alpha value is -3.17. The van der Waals surface area contributed by atoms with E-state index in [1.54, 1.807) is 32.3 Å². The van der Waals surface area contributed by atoms with Crippen molar-refractivity contribution in [3.05, 3.63) is 54.9 Å². The summed E-state index contributed by atoms with van der Waals surface area (Å²) in [5.41, 5.74) is 10.1. The van der Waals surface area contributed by atoms with E-state index in [0.717, 1.165) is 26.5 Å². The summed E-state index contributed by atoms with van der Waals surface area (Å²) in [4.78, 5) is 8.84. The van der Waals surface area contributed by atoms with Gasteiger partial charge < -0.3 is 15.4 Å². The Morgan fingerprint density at radius 2 is 1.77 bits per heavy atom. The monoisotopic (exact) mass is 439 g/mol. The van der Waals surface area contributed by atoms with Crippen LogP contribution in [0.2, 0.25) is 0 Å². The second-order valence-electron chi connectivity index (χ2n) is 7.78. The van der Waals surface area contributed by atoms with Gasteiger partial charge in [-0.3, -0.25) is 0 Å². The van der Waals surface area contributed by atoms with Gasteiger partial charge in [0.15, 0.2) is 0 Å². The summed E-state index contributed by atoms with van der Waals surface area (Å²) in [5, 5.41) is 9.11. The number of nitrogens with two attached hydrogens (primary N) is 1. The van der Waals surface area contributed by atoms with Crippen LogP contribution in [-0.4, -0.2) is 43.9 Å². The lowest BCUT2D eigenvalue weighted by molar-refractivity contribution is 0.239. The van der Waals surface area contributed by atoms with Gasteiger partial charge in [0.05, 0.1) is 46.6 Å². The lowest BCUT2D eigenvalue weighted by Crippen LogP contribution is -2.23. The minimum atomic E-state index is -3.70. The van der Waals surface area contributed by atoms with Gasteiger partial charge in [0.2, 0.25) is 16.0 Å². The molecule has 8 nitrogen and oxygen atoms in total. The summed E-state index contributed by atoms with van der Waals surface area (Å²) >= 11 is 0. The SMILES string of the molecule is CC(C)S(=O)(=O)n1c(N)nc2ccc(-c3c(-c4ccccc4)ncn3[C@@H](C)CO)cc21. The van der Waals surface area contributed by atoms with Gasteiger partial charge in [-0.15, -0.1) is 0 Å². The molecule has 9 heteroatoms. The van der Waals surface area contributed by atoms with Gasteiger partial charge in [-0.2, -0.15) is 0 Å². The van der Waals surface area contributed by atoms with Crippen LogP contribution >= 0.6 is 0 Å². The van der Waals surface area contributed by atoms with E-state index >= 15 is 0 Å². The zero-order chi connectivity index (χ0) is 22.3. The highest BCUT2D eigenvalue weighted by Crippen LogP contribution is 2.35. The van der Waals surface area contributed by atoms with Crippen molar-refractivity contribution < 1.29 is 13.5 Å². The Balaban J connectivity index is 2.01. The highest BCUT2D eigenvalue weighted by molar-refractivity contribution is 7.90. The first-order valence-corrected chi connectivity index (χ1v) is 11.5. The summed E-state index contributed by atoms with van der Waals surface area (Å²) in [6.45, 7) is 5.04. The predicted octanol–water partition coefficient (Wildman–Crippen LogP) is 3.29. The fourth-order valence-electron chi connectivity index (χ4n) is 3.57. The summed E-state index contributed by atoms with van der Waals surface area (Å²) in [7, 11) is -3.70. The van der Waals surface area contributed by atoms with Gasteiger partial charge in [0.25, 0.3) is 0 Å². The van der Waals surface area contributed by atoms with Gasteiger partial charge in [-0.05, 0) is 32.9 Å². The first kappa shape index (κ1) is 21.1. The lowest BCUT2D eigenvalue weighted by Gasteiger charge is -2.16. The van der Waals surface area contributed by atoms with E-state index < -0.39 is 15.3 Å². The van der Waals surface area contributed by atoms with Gasteiger partial charge in [-0.25, -0.2) is 22.4 Å². The molecule has 0 amide bonds. The molecule has 3 N–H and O–H groups in total. The van der Waals surface area contributed by atoms with Crippen LogP contribution in [0.3, 0.4) is 0 Å². The van der Waals surface area contributed by atoms with Gasteiger partial charge >= 0.3 is 0 Å². The molecule has 0 saturated carbocycles. The summed E-state index contributed by atoms with van der Waals surface area (Å²) in [6, 6.07) is 14.9. The number of imidazole rings is 2. The van der Waals surface area contributed by atoms with Crippen molar-refractivity contribution in [3.8, 4) is 22.5 Å². The first-order chi connectivity index (χ1) is 14.8. The molecule has 0 aliphatic rings. The number of hydrogen-bond acceptors (Lipinski definition) is 6. The fourth-order valence-corrected chi connectivity index (χ4v) is 4.72. The van der Waals surface area contributed by atoms with E-state index in [1.807, 2.05) is 47.9 Å². The number of aliphatic hydroxyl groups is 1. The molecule has 4 rings (SSSR count). The van der Waals surface area contributed by atoms with Crippen molar-refractivity contribution in [1.29, 1.82) is 0 Å².